The first-order valence-electron chi connectivity index (χ1n) is 7.08. The summed E-state index contributed by atoms with van der Waals surface area (Å²) in [5.74, 6) is -0.201. The van der Waals surface area contributed by atoms with Crippen molar-refractivity contribution < 1.29 is 9.59 Å². The lowest BCUT2D eigenvalue weighted by atomic mass is 9.86. The van der Waals surface area contributed by atoms with Crippen molar-refractivity contribution in [1.82, 2.24) is 5.32 Å². The Morgan fingerprint density at radius 2 is 1.83 bits per heavy atom. The number of primary amides is 1. The summed E-state index contributed by atoms with van der Waals surface area (Å²) in [4.78, 5) is 22.4. The standard InChI is InChI=1S/C14H28N2O2/c1-4-6-7-8-9-12(5-2)11(3)14(18)16-10-13(15)17/h11-12H,4-10H2,1-3H3,(H2,15,17)(H,16,18)/t11-,12?/m1/s1. The van der Waals surface area contributed by atoms with E-state index in [4.69, 9.17) is 5.73 Å². The molecule has 4 heteroatoms. The first kappa shape index (κ1) is 16.9. The molecular weight excluding hydrogens is 228 g/mol. The second kappa shape index (κ2) is 9.92. The van der Waals surface area contributed by atoms with Crippen molar-refractivity contribution in [3.8, 4) is 0 Å². The van der Waals surface area contributed by atoms with Crippen molar-refractivity contribution >= 4 is 11.8 Å². The predicted molar refractivity (Wildman–Crippen MR) is 73.9 cm³/mol. The van der Waals surface area contributed by atoms with E-state index < -0.39 is 5.91 Å². The van der Waals surface area contributed by atoms with Crippen LogP contribution in [0.2, 0.25) is 0 Å². The highest BCUT2D eigenvalue weighted by Crippen LogP contribution is 2.22. The number of unbranched alkanes of at least 4 members (excludes halogenated alkanes) is 3. The Morgan fingerprint density at radius 1 is 1.17 bits per heavy atom. The first-order valence-corrected chi connectivity index (χ1v) is 7.08. The molecule has 0 aliphatic heterocycles. The highest BCUT2D eigenvalue weighted by atomic mass is 16.2. The van der Waals surface area contributed by atoms with Gasteiger partial charge in [-0.25, -0.2) is 0 Å². The van der Waals surface area contributed by atoms with E-state index >= 15 is 0 Å². The molecule has 0 aliphatic carbocycles. The molecule has 0 aromatic heterocycles. The summed E-state index contributed by atoms with van der Waals surface area (Å²) in [6.45, 7) is 6.18. The van der Waals surface area contributed by atoms with Crippen molar-refractivity contribution in [2.45, 2.75) is 59.3 Å². The zero-order chi connectivity index (χ0) is 14.0. The third-order valence-corrected chi connectivity index (χ3v) is 3.51. The van der Waals surface area contributed by atoms with Crippen LogP contribution in [0.15, 0.2) is 0 Å². The van der Waals surface area contributed by atoms with Crippen molar-refractivity contribution in [3.63, 3.8) is 0 Å². The van der Waals surface area contributed by atoms with Crippen LogP contribution in [-0.4, -0.2) is 18.4 Å². The SMILES string of the molecule is CCCCCCC(CC)[C@@H](C)C(=O)NCC(N)=O. The zero-order valence-electron chi connectivity index (χ0n) is 12.0. The number of carbonyl (C=O) groups excluding carboxylic acids is 2. The van der Waals surface area contributed by atoms with E-state index in [1.165, 1.54) is 25.7 Å². The van der Waals surface area contributed by atoms with E-state index in [1.54, 1.807) is 0 Å². The summed E-state index contributed by atoms with van der Waals surface area (Å²) in [6, 6.07) is 0. The Hall–Kier alpha value is -1.06. The van der Waals surface area contributed by atoms with Crippen molar-refractivity contribution in [3.05, 3.63) is 0 Å². The lowest BCUT2D eigenvalue weighted by Gasteiger charge is -2.21. The molecule has 4 nitrogen and oxygen atoms in total. The van der Waals surface area contributed by atoms with E-state index in [1.807, 2.05) is 6.92 Å². The maximum atomic E-state index is 11.8. The van der Waals surface area contributed by atoms with Crippen LogP contribution in [-0.2, 0) is 9.59 Å². The van der Waals surface area contributed by atoms with Gasteiger partial charge >= 0.3 is 0 Å². The Morgan fingerprint density at radius 3 is 2.33 bits per heavy atom. The summed E-state index contributed by atoms with van der Waals surface area (Å²) >= 11 is 0. The molecule has 0 spiro atoms. The van der Waals surface area contributed by atoms with Gasteiger partial charge in [0.1, 0.15) is 0 Å². The lowest BCUT2D eigenvalue weighted by Crippen LogP contribution is -2.38. The quantitative estimate of drug-likeness (QED) is 0.588. The van der Waals surface area contributed by atoms with Gasteiger partial charge in [0.15, 0.2) is 0 Å². The number of hydrogen-bond acceptors (Lipinski definition) is 2. The third-order valence-electron chi connectivity index (χ3n) is 3.51. The van der Waals surface area contributed by atoms with Crippen LogP contribution in [0.3, 0.4) is 0 Å². The van der Waals surface area contributed by atoms with Gasteiger partial charge in [-0.3, -0.25) is 9.59 Å². The van der Waals surface area contributed by atoms with Crippen LogP contribution in [0, 0.1) is 11.8 Å². The normalized spacial score (nSPS) is 13.9. The molecule has 0 aromatic carbocycles. The summed E-state index contributed by atoms with van der Waals surface area (Å²) in [5, 5.41) is 2.58. The molecule has 0 saturated carbocycles. The molecule has 0 rings (SSSR count). The molecule has 0 saturated heterocycles. The fourth-order valence-corrected chi connectivity index (χ4v) is 2.19. The second-order valence-electron chi connectivity index (χ2n) is 4.99. The summed E-state index contributed by atoms with van der Waals surface area (Å²) in [6.07, 6.45) is 6.99. The summed E-state index contributed by atoms with van der Waals surface area (Å²) in [5.41, 5.74) is 5.01. The van der Waals surface area contributed by atoms with E-state index in [9.17, 15) is 9.59 Å². The number of amides is 2. The van der Waals surface area contributed by atoms with Gasteiger partial charge in [-0.05, 0) is 12.3 Å². The van der Waals surface area contributed by atoms with Crippen LogP contribution in [0.4, 0.5) is 0 Å². The minimum absolute atomic E-state index is 0.0454. The zero-order valence-corrected chi connectivity index (χ0v) is 12.0. The molecule has 2 atom stereocenters. The van der Waals surface area contributed by atoms with Crippen LogP contribution < -0.4 is 11.1 Å². The number of rotatable bonds is 10. The average Bonchev–Trinajstić information content (AvgIpc) is 2.35. The molecule has 0 bridgehead atoms. The smallest absolute Gasteiger partial charge is 0.236 e. The monoisotopic (exact) mass is 256 g/mol. The molecule has 18 heavy (non-hydrogen) atoms. The minimum Gasteiger partial charge on any atom is -0.368 e. The van der Waals surface area contributed by atoms with Gasteiger partial charge in [-0.2, -0.15) is 0 Å². The van der Waals surface area contributed by atoms with Crippen molar-refractivity contribution in [1.29, 1.82) is 0 Å². The summed E-state index contributed by atoms with van der Waals surface area (Å²) in [7, 11) is 0. The van der Waals surface area contributed by atoms with E-state index in [2.05, 4.69) is 19.2 Å². The Balaban J connectivity index is 4.03. The van der Waals surface area contributed by atoms with Gasteiger partial charge in [-0.15, -0.1) is 0 Å². The molecule has 0 aromatic rings. The van der Waals surface area contributed by atoms with E-state index in [0.29, 0.717) is 5.92 Å². The molecule has 2 amide bonds. The fourth-order valence-electron chi connectivity index (χ4n) is 2.19. The van der Waals surface area contributed by atoms with Gasteiger partial charge in [0, 0.05) is 5.92 Å². The third kappa shape index (κ3) is 7.30. The number of nitrogens with one attached hydrogen (secondary N) is 1. The van der Waals surface area contributed by atoms with Crippen LogP contribution >= 0.6 is 0 Å². The number of nitrogens with two attached hydrogens (primary N) is 1. The van der Waals surface area contributed by atoms with Crippen LogP contribution in [0.25, 0.3) is 0 Å². The van der Waals surface area contributed by atoms with Crippen LogP contribution in [0.1, 0.15) is 59.3 Å². The van der Waals surface area contributed by atoms with Gasteiger partial charge in [-0.1, -0.05) is 52.9 Å². The molecular formula is C14H28N2O2. The predicted octanol–water partition coefficient (Wildman–Crippen LogP) is 2.22. The average molecular weight is 256 g/mol. The van der Waals surface area contributed by atoms with E-state index in [-0.39, 0.29) is 18.4 Å². The summed E-state index contributed by atoms with van der Waals surface area (Å²) < 4.78 is 0. The Kier molecular flexibility index (Phi) is 9.33. The Bertz CT molecular complexity index is 254. The highest BCUT2D eigenvalue weighted by molar-refractivity contribution is 5.84. The lowest BCUT2D eigenvalue weighted by molar-refractivity contribution is -0.128. The maximum Gasteiger partial charge on any atom is 0.236 e. The van der Waals surface area contributed by atoms with Gasteiger partial charge < -0.3 is 11.1 Å². The van der Waals surface area contributed by atoms with Crippen molar-refractivity contribution in [2.24, 2.45) is 17.6 Å². The topological polar surface area (TPSA) is 72.2 Å². The van der Waals surface area contributed by atoms with Crippen molar-refractivity contribution in [2.75, 3.05) is 6.54 Å². The number of carbonyl (C=O) groups is 2. The molecule has 0 fully saturated rings. The fraction of sp³-hybridized carbons (Fsp3) is 0.857. The van der Waals surface area contributed by atoms with Gasteiger partial charge in [0.25, 0.3) is 0 Å². The molecule has 0 heterocycles. The molecule has 106 valence electrons. The molecule has 0 aliphatic rings. The Labute approximate surface area is 111 Å². The molecule has 0 radical (unpaired) electrons. The minimum atomic E-state index is -0.494. The van der Waals surface area contributed by atoms with Gasteiger partial charge in [0.05, 0.1) is 6.54 Å². The molecule has 3 N–H and O–H groups in total. The maximum absolute atomic E-state index is 11.8. The van der Waals surface area contributed by atoms with Gasteiger partial charge in [0.2, 0.25) is 11.8 Å². The largest absolute Gasteiger partial charge is 0.368 e. The first-order chi connectivity index (χ1) is 8.52. The number of hydrogen-bond donors (Lipinski definition) is 2. The van der Waals surface area contributed by atoms with E-state index in [0.717, 1.165) is 12.8 Å². The second-order valence-corrected chi connectivity index (χ2v) is 4.99. The molecule has 1 unspecified atom stereocenters. The van der Waals surface area contributed by atoms with Crippen LogP contribution in [0.5, 0.6) is 0 Å². The highest BCUT2D eigenvalue weighted by Gasteiger charge is 2.22.